The summed E-state index contributed by atoms with van der Waals surface area (Å²) < 4.78 is 7.81. The third-order valence-corrected chi connectivity index (χ3v) is 6.00. The molecule has 0 saturated heterocycles. The van der Waals surface area contributed by atoms with Gasteiger partial charge in [0.2, 0.25) is 0 Å². The van der Waals surface area contributed by atoms with Gasteiger partial charge in [-0.2, -0.15) is 0 Å². The van der Waals surface area contributed by atoms with Crippen molar-refractivity contribution < 1.29 is 4.74 Å². The molecule has 4 aromatic rings. The Morgan fingerprint density at radius 2 is 1.48 bits per heavy atom. The summed E-state index contributed by atoms with van der Waals surface area (Å²) in [5, 5.41) is 1.27. The van der Waals surface area contributed by atoms with Gasteiger partial charge in [0, 0.05) is 27.7 Å². The maximum Gasteiger partial charge on any atom is 0.118 e. The van der Waals surface area contributed by atoms with E-state index in [-0.39, 0.29) is 5.54 Å². The van der Waals surface area contributed by atoms with E-state index in [1.807, 2.05) is 12.1 Å². The number of rotatable bonds is 4. The SMILES string of the molecule is COc1ccc(-c2ccc3c(c2)cc(-c2ccc(C)cc2C(C)C)n3C(C)(C)C)cc1. The molecule has 0 aliphatic heterocycles. The summed E-state index contributed by atoms with van der Waals surface area (Å²) in [7, 11) is 1.70. The van der Waals surface area contributed by atoms with E-state index in [0.29, 0.717) is 5.92 Å². The molecular formula is C29H33NO. The van der Waals surface area contributed by atoms with Crippen molar-refractivity contribution in [3.63, 3.8) is 0 Å². The Morgan fingerprint density at radius 3 is 2.10 bits per heavy atom. The van der Waals surface area contributed by atoms with Crippen molar-refractivity contribution >= 4 is 10.9 Å². The fourth-order valence-corrected chi connectivity index (χ4v) is 4.49. The van der Waals surface area contributed by atoms with Gasteiger partial charge in [-0.1, -0.05) is 55.8 Å². The Hall–Kier alpha value is -3.00. The molecule has 0 radical (unpaired) electrons. The fourth-order valence-electron chi connectivity index (χ4n) is 4.49. The normalized spacial score (nSPS) is 12.0. The molecule has 31 heavy (non-hydrogen) atoms. The minimum absolute atomic E-state index is 0.0299. The van der Waals surface area contributed by atoms with E-state index in [2.05, 4.69) is 101 Å². The highest BCUT2D eigenvalue weighted by atomic mass is 16.5. The standard InChI is InChI=1S/C29H33NO/c1-19(2)26-16-20(3)8-14-25(26)28-18-23-17-22(21-9-12-24(31-7)13-10-21)11-15-27(23)30(28)29(4,5)6/h8-19H,1-7H3. The molecule has 0 aliphatic rings. The van der Waals surface area contributed by atoms with Gasteiger partial charge < -0.3 is 9.30 Å². The summed E-state index contributed by atoms with van der Waals surface area (Å²) in [6.07, 6.45) is 0. The van der Waals surface area contributed by atoms with E-state index >= 15 is 0 Å². The maximum absolute atomic E-state index is 5.32. The van der Waals surface area contributed by atoms with Gasteiger partial charge in [-0.3, -0.25) is 0 Å². The van der Waals surface area contributed by atoms with E-state index in [4.69, 9.17) is 4.74 Å². The molecule has 0 bridgehead atoms. The number of hydrogen-bond donors (Lipinski definition) is 0. The number of aryl methyl sites for hydroxylation is 1. The zero-order valence-corrected chi connectivity index (χ0v) is 19.8. The van der Waals surface area contributed by atoms with Crippen LogP contribution < -0.4 is 4.74 Å². The van der Waals surface area contributed by atoms with Crippen molar-refractivity contribution in [3.8, 4) is 28.1 Å². The molecule has 2 nitrogen and oxygen atoms in total. The highest BCUT2D eigenvalue weighted by Gasteiger charge is 2.23. The van der Waals surface area contributed by atoms with Crippen molar-refractivity contribution in [1.82, 2.24) is 4.57 Å². The quantitative estimate of drug-likeness (QED) is 0.330. The van der Waals surface area contributed by atoms with Gasteiger partial charge in [0.25, 0.3) is 0 Å². The average Bonchev–Trinajstić information content (AvgIpc) is 3.12. The molecular weight excluding hydrogens is 378 g/mol. The summed E-state index contributed by atoms with van der Waals surface area (Å²) in [5.74, 6) is 1.35. The van der Waals surface area contributed by atoms with Crippen molar-refractivity contribution in [2.24, 2.45) is 0 Å². The molecule has 0 unspecified atom stereocenters. The van der Waals surface area contributed by atoms with Crippen molar-refractivity contribution in [1.29, 1.82) is 0 Å². The van der Waals surface area contributed by atoms with Crippen molar-refractivity contribution in [2.45, 2.75) is 53.0 Å². The van der Waals surface area contributed by atoms with Crippen LogP contribution in [0.1, 0.15) is 51.7 Å². The van der Waals surface area contributed by atoms with Crippen LogP contribution in [0.3, 0.4) is 0 Å². The number of methoxy groups -OCH3 is 1. The lowest BCUT2D eigenvalue weighted by Crippen LogP contribution is -2.22. The second-order valence-electron chi connectivity index (χ2n) is 9.78. The molecule has 0 atom stereocenters. The topological polar surface area (TPSA) is 14.2 Å². The zero-order valence-electron chi connectivity index (χ0n) is 19.8. The summed E-state index contributed by atoms with van der Waals surface area (Å²) in [6.45, 7) is 13.6. The third kappa shape index (κ3) is 3.99. The Balaban J connectivity index is 1.94. The van der Waals surface area contributed by atoms with Crippen LogP contribution in [-0.2, 0) is 5.54 Å². The molecule has 2 heteroatoms. The lowest BCUT2D eigenvalue weighted by atomic mass is 9.93. The van der Waals surface area contributed by atoms with Gasteiger partial charge in [0.15, 0.2) is 0 Å². The Bertz CT molecular complexity index is 1220. The van der Waals surface area contributed by atoms with Crippen LogP contribution in [0.25, 0.3) is 33.3 Å². The van der Waals surface area contributed by atoms with E-state index in [9.17, 15) is 0 Å². The first-order valence-corrected chi connectivity index (χ1v) is 11.1. The van der Waals surface area contributed by atoms with E-state index in [1.165, 1.54) is 44.4 Å². The molecule has 0 spiro atoms. The number of nitrogens with zero attached hydrogens (tertiary/aromatic N) is 1. The van der Waals surface area contributed by atoms with Crippen LogP contribution in [0.2, 0.25) is 0 Å². The second-order valence-corrected chi connectivity index (χ2v) is 9.78. The molecule has 1 aromatic heterocycles. The summed E-state index contributed by atoms with van der Waals surface area (Å²) in [4.78, 5) is 0. The molecule has 3 aromatic carbocycles. The van der Waals surface area contributed by atoms with Crippen molar-refractivity contribution in [2.75, 3.05) is 7.11 Å². The average molecular weight is 412 g/mol. The smallest absolute Gasteiger partial charge is 0.118 e. The van der Waals surface area contributed by atoms with Gasteiger partial charge in [-0.15, -0.1) is 0 Å². The lowest BCUT2D eigenvalue weighted by Gasteiger charge is -2.27. The Labute approximate surface area is 186 Å². The van der Waals surface area contributed by atoms with E-state index < -0.39 is 0 Å². The first-order valence-electron chi connectivity index (χ1n) is 11.1. The van der Waals surface area contributed by atoms with Crippen LogP contribution in [0.5, 0.6) is 5.75 Å². The predicted octanol–water partition coefficient (Wildman–Crippen LogP) is 8.17. The van der Waals surface area contributed by atoms with Gasteiger partial charge >= 0.3 is 0 Å². The molecule has 0 amide bonds. The lowest BCUT2D eigenvalue weighted by molar-refractivity contribution is 0.414. The van der Waals surface area contributed by atoms with E-state index in [1.54, 1.807) is 7.11 Å². The zero-order chi connectivity index (χ0) is 22.3. The number of aromatic nitrogens is 1. The fraction of sp³-hybridized carbons (Fsp3) is 0.310. The number of ether oxygens (including phenoxy) is 1. The number of fused-ring (bicyclic) bond motifs is 1. The molecule has 0 fully saturated rings. The number of benzene rings is 3. The summed E-state index contributed by atoms with van der Waals surface area (Å²) >= 11 is 0. The minimum atomic E-state index is -0.0299. The first kappa shape index (κ1) is 21.2. The maximum atomic E-state index is 5.32. The molecule has 1 heterocycles. The minimum Gasteiger partial charge on any atom is -0.497 e. The van der Waals surface area contributed by atoms with Gasteiger partial charge in [0.05, 0.1) is 7.11 Å². The van der Waals surface area contributed by atoms with Gasteiger partial charge in [-0.25, -0.2) is 0 Å². The largest absolute Gasteiger partial charge is 0.497 e. The summed E-state index contributed by atoms with van der Waals surface area (Å²) in [6, 6.07) is 24.3. The third-order valence-electron chi connectivity index (χ3n) is 6.00. The van der Waals surface area contributed by atoms with Crippen LogP contribution >= 0.6 is 0 Å². The van der Waals surface area contributed by atoms with Crippen LogP contribution in [-0.4, -0.2) is 11.7 Å². The highest BCUT2D eigenvalue weighted by molar-refractivity contribution is 5.91. The molecule has 4 rings (SSSR count). The molecule has 0 aliphatic carbocycles. The van der Waals surface area contributed by atoms with Crippen LogP contribution in [0.15, 0.2) is 66.7 Å². The highest BCUT2D eigenvalue weighted by Crippen LogP contribution is 2.39. The first-order chi connectivity index (χ1) is 14.7. The summed E-state index contributed by atoms with van der Waals surface area (Å²) in [5.41, 5.74) is 9.01. The van der Waals surface area contributed by atoms with Crippen LogP contribution in [0.4, 0.5) is 0 Å². The molecule has 160 valence electrons. The van der Waals surface area contributed by atoms with E-state index in [0.717, 1.165) is 5.75 Å². The molecule has 0 N–H and O–H groups in total. The number of hydrogen-bond acceptors (Lipinski definition) is 1. The predicted molar refractivity (Wildman–Crippen MR) is 133 cm³/mol. The van der Waals surface area contributed by atoms with Gasteiger partial charge in [-0.05, 0) is 80.6 Å². The Morgan fingerprint density at radius 1 is 0.806 bits per heavy atom. The second kappa shape index (κ2) is 7.92. The molecule has 0 saturated carbocycles. The van der Waals surface area contributed by atoms with Gasteiger partial charge in [0.1, 0.15) is 5.75 Å². The monoisotopic (exact) mass is 411 g/mol. The Kier molecular flexibility index (Phi) is 5.43. The van der Waals surface area contributed by atoms with Crippen LogP contribution in [0, 0.1) is 6.92 Å². The van der Waals surface area contributed by atoms with Crippen molar-refractivity contribution in [3.05, 3.63) is 77.9 Å².